The Balaban J connectivity index is 0.00000144. The summed E-state index contributed by atoms with van der Waals surface area (Å²) in [6.07, 6.45) is 3.74. The minimum atomic E-state index is 0. The molecule has 0 bridgehead atoms. The molecule has 0 spiro atoms. The Morgan fingerprint density at radius 1 is 1.35 bits per heavy atom. The summed E-state index contributed by atoms with van der Waals surface area (Å²) in [5.74, 6) is 1.07. The summed E-state index contributed by atoms with van der Waals surface area (Å²) < 4.78 is 5.45. The van der Waals surface area contributed by atoms with Crippen LogP contribution in [0.5, 0.6) is 5.75 Å². The molecule has 0 aliphatic heterocycles. The zero-order valence-corrected chi connectivity index (χ0v) is 11.6. The van der Waals surface area contributed by atoms with Crippen molar-refractivity contribution in [2.24, 2.45) is 0 Å². The SMILES string of the molecule is COc1cccc2c1CCCC2[NH2+]C(C)C.[Cl-]. The molecule has 0 fully saturated rings. The first-order valence-corrected chi connectivity index (χ1v) is 6.23. The van der Waals surface area contributed by atoms with Crippen molar-refractivity contribution in [3.63, 3.8) is 0 Å². The maximum atomic E-state index is 5.45. The minimum Gasteiger partial charge on any atom is -1.00 e. The summed E-state index contributed by atoms with van der Waals surface area (Å²) in [5, 5.41) is 2.47. The van der Waals surface area contributed by atoms with E-state index in [0.29, 0.717) is 12.1 Å². The van der Waals surface area contributed by atoms with Crippen LogP contribution in [0.15, 0.2) is 18.2 Å². The number of methoxy groups -OCH3 is 1. The standard InChI is InChI=1S/C14H21NO.ClH/c1-10(2)15-13-8-4-7-12-11(13)6-5-9-14(12)16-3;/h5-6,9-10,13,15H,4,7-8H2,1-3H3;1H. The molecule has 1 unspecified atom stereocenters. The second kappa shape index (κ2) is 6.27. The first kappa shape index (κ1) is 14.3. The molecule has 1 aliphatic carbocycles. The molecule has 0 amide bonds. The van der Waals surface area contributed by atoms with Crippen molar-refractivity contribution in [3.05, 3.63) is 29.3 Å². The van der Waals surface area contributed by atoms with Gasteiger partial charge in [0.25, 0.3) is 0 Å². The van der Waals surface area contributed by atoms with Gasteiger partial charge in [-0.15, -0.1) is 0 Å². The lowest BCUT2D eigenvalue weighted by molar-refractivity contribution is -0.723. The normalized spacial score (nSPS) is 18.5. The van der Waals surface area contributed by atoms with Gasteiger partial charge in [0.05, 0.1) is 13.2 Å². The van der Waals surface area contributed by atoms with E-state index in [2.05, 4.69) is 37.4 Å². The zero-order chi connectivity index (χ0) is 11.5. The molecule has 17 heavy (non-hydrogen) atoms. The molecule has 96 valence electrons. The maximum absolute atomic E-state index is 5.45. The summed E-state index contributed by atoms with van der Waals surface area (Å²) in [6.45, 7) is 4.52. The Hall–Kier alpha value is -0.730. The van der Waals surface area contributed by atoms with Crippen LogP contribution in [-0.4, -0.2) is 13.2 Å². The van der Waals surface area contributed by atoms with Crippen LogP contribution in [0, 0.1) is 0 Å². The minimum absolute atomic E-state index is 0. The Bertz CT molecular complexity index is 365. The van der Waals surface area contributed by atoms with Gasteiger partial charge in [0, 0.05) is 17.5 Å². The number of fused-ring (bicyclic) bond motifs is 1. The first-order chi connectivity index (χ1) is 7.72. The molecule has 0 saturated carbocycles. The third-order valence-corrected chi connectivity index (χ3v) is 3.35. The molecule has 2 nitrogen and oxygen atoms in total. The first-order valence-electron chi connectivity index (χ1n) is 6.23. The van der Waals surface area contributed by atoms with E-state index in [4.69, 9.17) is 4.74 Å². The Labute approximate surface area is 110 Å². The fourth-order valence-electron chi connectivity index (χ4n) is 2.71. The van der Waals surface area contributed by atoms with Crippen molar-refractivity contribution in [2.45, 2.75) is 45.2 Å². The van der Waals surface area contributed by atoms with Gasteiger partial charge in [-0.05, 0) is 32.8 Å². The molecule has 0 radical (unpaired) electrons. The van der Waals surface area contributed by atoms with Crippen LogP contribution in [0.25, 0.3) is 0 Å². The highest BCUT2D eigenvalue weighted by atomic mass is 35.5. The molecule has 0 saturated heterocycles. The van der Waals surface area contributed by atoms with Crippen LogP contribution in [-0.2, 0) is 6.42 Å². The third kappa shape index (κ3) is 3.14. The molecule has 2 rings (SSSR count). The fraction of sp³-hybridized carbons (Fsp3) is 0.571. The number of halogens is 1. The molecule has 1 aromatic carbocycles. The lowest BCUT2D eigenvalue weighted by Crippen LogP contribution is -3.00. The molecule has 1 aliphatic rings. The highest BCUT2D eigenvalue weighted by Gasteiger charge is 2.25. The van der Waals surface area contributed by atoms with Gasteiger partial charge >= 0.3 is 0 Å². The maximum Gasteiger partial charge on any atom is 0.122 e. The van der Waals surface area contributed by atoms with E-state index in [0.717, 1.165) is 5.75 Å². The van der Waals surface area contributed by atoms with Crippen LogP contribution in [0.2, 0.25) is 0 Å². The Kier molecular flexibility index (Phi) is 5.29. The van der Waals surface area contributed by atoms with Crippen LogP contribution in [0.3, 0.4) is 0 Å². The molecular formula is C14H22ClNO. The van der Waals surface area contributed by atoms with Gasteiger partial charge < -0.3 is 22.5 Å². The number of hydrogen-bond acceptors (Lipinski definition) is 1. The number of hydrogen-bond donors (Lipinski definition) is 1. The second-order valence-corrected chi connectivity index (χ2v) is 4.96. The van der Waals surface area contributed by atoms with Crippen molar-refractivity contribution in [3.8, 4) is 5.75 Å². The van der Waals surface area contributed by atoms with Crippen molar-refractivity contribution in [1.29, 1.82) is 0 Å². The van der Waals surface area contributed by atoms with E-state index in [1.54, 1.807) is 7.11 Å². The molecular weight excluding hydrogens is 234 g/mol. The largest absolute Gasteiger partial charge is 1.00 e. The smallest absolute Gasteiger partial charge is 0.122 e. The van der Waals surface area contributed by atoms with Gasteiger partial charge in [0.2, 0.25) is 0 Å². The van der Waals surface area contributed by atoms with Crippen LogP contribution in [0.4, 0.5) is 0 Å². The number of ether oxygens (including phenoxy) is 1. The number of quaternary nitrogens is 1. The lowest BCUT2D eigenvalue weighted by Gasteiger charge is -2.26. The van der Waals surface area contributed by atoms with Gasteiger partial charge in [-0.1, -0.05) is 12.1 Å². The van der Waals surface area contributed by atoms with Gasteiger partial charge in [-0.25, -0.2) is 0 Å². The molecule has 1 atom stereocenters. The van der Waals surface area contributed by atoms with Gasteiger partial charge in [0.1, 0.15) is 11.8 Å². The molecule has 3 heteroatoms. The topological polar surface area (TPSA) is 25.8 Å². The monoisotopic (exact) mass is 255 g/mol. The molecule has 1 aromatic rings. The Morgan fingerprint density at radius 2 is 2.12 bits per heavy atom. The Morgan fingerprint density at radius 3 is 2.76 bits per heavy atom. The van der Waals surface area contributed by atoms with Crippen molar-refractivity contribution in [2.75, 3.05) is 7.11 Å². The van der Waals surface area contributed by atoms with Crippen LogP contribution >= 0.6 is 0 Å². The lowest BCUT2D eigenvalue weighted by atomic mass is 9.87. The van der Waals surface area contributed by atoms with Crippen molar-refractivity contribution < 1.29 is 22.5 Å². The van der Waals surface area contributed by atoms with Gasteiger partial charge in [0.15, 0.2) is 0 Å². The fourth-order valence-corrected chi connectivity index (χ4v) is 2.71. The summed E-state index contributed by atoms with van der Waals surface area (Å²) >= 11 is 0. The average molecular weight is 256 g/mol. The zero-order valence-electron chi connectivity index (χ0n) is 10.9. The summed E-state index contributed by atoms with van der Waals surface area (Å²) in [4.78, 5) is 0. The molecule has 0 aromatic heterocycles. The predicted octanol–water partition coefficient (Wildman–Crippen LogP) is -0.952. The van der Waals surface area contributed by atoms with E-state index in [1.807, 2.05) is 0 Å². The van der Waals surface area contributed by atoms with Gasteiger partial charge in [-0.2, -0.15) is 0 Å². The highest BCUT2D eigenvalue weighted by molar-refractivity contribution is 5.42. The van der Waals surface area contributed by atoms with E-state index in [-0.39, 0.29) is 12.4 Å². The third-order valence-electron chi connectivity index (χ3n) is 3.35. The van der Waals surface area contributed by atoms with Crippen molar-refractivity contribution in [1.82, 2.24) is 0 Å². The highest BCUT2D eigenvalue weighted by Crippen LogP contribution is 2.33. The van der Waals surface area contributed by atoms with Crippen molar-refractivity contribution >= 4 is 0 Å². The second-order valence-electron chi connectivity index (χ2n) is 4.96. The van der Waals surface area contributed by atoms with E-state index < -0.39 is 0 Å². The van der Waals surface area contributed by atoms with E-state index in [1.165, 1.54) is 30.4 Å². The molecule has 0 heterocycles. The van der Waals surface area contributed by atoms with E-state index in [9.17, 15) is 0 Å². The quantitative estimate of drug-likeness (QED) is 0.741. The van der Waals surface area contributed by atoms with Gasteiger partial charge in [-0.3, -0.25) is 0 Å². The molecule has 2 N–H and O–H groups in total. The number of benzene rings is 1. The van der Waals surface area contributed by atoms with E-state index >= 15 is 0 Å². The summed E-state index contributed by atoms with van der Waals surface area (Å²) in [5.41, 5.74) is 2.91. The average Bonchev–Trinajstić information content (AvgIpc) is 2.28. The van der Waals surface area contributed by atoms with Crippen LogP contribution in [0.1, 0.15) is 43.9 Å². The number of rotatable bonds is 3. The number of nitrogens with two attached hydrogens (primary N) is 1. The van der Waals surface area contributed by atoms with Crippen LogP contribution < -0.4 is 22.5 Å². The summed E-state index contributed by atoms with van der Waals surface area (Å²) in [7, 11) is 1.77. The summed E-state index contributed by atoms with van der Waals surface area (Å²) in [6, 6.07) is 7.74. The predicted molar refractivity (Wildman–Crippen MR) is 65.7 cm³/mol.